The van der Waals surface area contributed by atoms with E-state index in [1.54, 1.807) is 12.1 Å². The Balaban J connectivity index is 2.42. The number of anilines is 1. The summed E-state index contributed by atoms with van der Waals surface area (Å²) in [6, 6.07) is 14.1. The number of aryl methyl sites for hydroxylation is 2. The molecule has 0 aliphatic rings. The number of benzene rings is 2. The molecule has 0 aliphatic heterocycles. The van der Waals surface area contributed by atoms with Crippen molar-refractivity contribution in [3.05, 3.63) is 65.2 Å². The average molecular weight is 474 g/mol. The van der Waals surface area contributed by atoms with Gasteiger partial charge in [0.1, 0.15) is 12.6 Å². The van der Waals surface area contributed by atoms with E-state index in [1.807, 2.05) is 64.1 Å². The molecule has 2 rings (SSSR count). The molecule has 33 heavy (non-hydrogen) atoms. The van der Waals surface area contributed by atoms with Crippen LogP contribution < -0.4 is 9.62 Å². The maximum Gasteiger partial charge on any atom is 0.244 e. The van der Waals surface area contributed by atoms with Gasteiger partial charge >= 0.3 is 0 Å². The topological polar surface area (TPSA) is 86.8 Å². The highest BCUT2D eigenvalue weighted by atomic mass is 32.2. The van der Waals surface area contributed by atoms with E-state index in [0.717, 1.165) is 33.7 Å². The van der Waals surface area contributed by atoms with Gasteiger partial charge in [0.15, 0.2) is 0 Å². The van der Waals surface area contributed by atoms with Gasteiger partial charge in [0.25, 0.3) is 0 Å². The number of hydrogen-bond donors (Lipinski definition) is 1. The van der Waals surface area contributed by atoms with E-state index in [4.69, 9.17) is 0 Å². The highest BCUT2D eigenvalue weighted by Crippen LogP contribution is 2.22. The van der Waals surface area contributed by atoms with Crippen molar-refractivity contribution in [1.29, 1.82) is 0 Å². The van der Waals surface area contributed by atoms with Crippen molar-refractivity contribution >= 4 is 27.5 Å². The molecule has 2 amide bonds. The fraction of sp³-hybridized carbons (Fsp3) is 0.440. The van der Waals surface area contributed by atoms with E-state index in [9.17, 15) is 18.0 Å². The lowest BCUT2D eigenvalue weighted by atomic mass is 10.1. The number of carbonyl (C=O) groups is 2. The zero-order chi connectivity index (χ0) is 24.6. The van der Waals surface area contributed by atoms with Crippen molar-refractivity contribution < 1.29 is 18.0 Å². The van der Waals surface area contributed by atoms with Crippen LogP contribution in [0.3, 0.4) is 0 Å². The van der Waals surface area contributed by atoms with Crippen LogP contribution in [-0.2, 0) is 26.2 Å². The average Bonchev–Trinajstić information content (AvgIpc) is 2.74. The zero-order valence-electron chi connectivity index (χ0n) is 20.2. The highest BCUT2D eigenvalue weighted by molar-refractivity contribution is 7.92. The van der Waals surface area contributed by atoms with Gasteiger partial charge in [0, 0.05) is 13.1 Å². The molecule has 0 saturated heterocycles. The zero-order valence-corrected chi connectivity index (χ0v) is 21.0. The van der Waals surface area contributed by atoms with Crippen LogP contribution >= 0.6 is 0 Å². The second-order valence-electron chi connectivity index (χ2n) is 8.34. The van der Waals surface area contributed by atoms with Gasteiger partial charge < -0.3 is 10.2 Å². The molecule has 0 bridgehead atoms. The maximum absolute atomic E-state index is 13.6. The number of hydrogen-bond acceptors (Lipinski definition) is 4. The van der Waals surface area contributed by atoms with E-state index in [0.29, 0.717) is 18.7 Å². The van der Waals surface area contributed by atoms with Gasteiger partial charge in [-0.15, -0.1) is 0 Å². The lowest BCUT2D eigenvalue weighted by Gasteiger charge is -2.33. The van der Waals surface area contributed by atoms with Gasteiger partial charge in [0.2, 0.25) is 21.8 Å². The summed E-state index contributed by atoms with van der Waals surface area (Å²) in [4.78, 5) is 27.9. The third-order valence-corrected chi connectivity index (χ3v) is 6.45. The third-order valence-electron chi connectivity index (χ3n) is 5.30. The van der Waals surface area contributed by atoms with Crippen molar-refractivity contribution in [2.45, 2.75) is 53.1 Å². The summed E-state index contributed by atoms with van der Waals surface area (Å²) in [6.07, 6.45) is 2.28. The quantitative estimate of drug-likeness (QED) is 0.542. The standard InChI is InChI=1S/C25H35N3O4S/c1-6-13-26-25(30)23(7-2)27(17-21-11-9-8-10-12-21)24(29)18-28(33(5,31)32)22-15-19(3)14-20(4)16-22/h8-12,14-16,23H,6-7,13,17-18H2,1-5H3,(H,26,30)/t23-/m0/s1. The summed E-state index contributed by atoms with van der Waals surface area (Å²) < 4.78 is 26.4. The summed E-state index contributed by atoms with van der Waals surface area (Å²) in [6.45, 7) is 7.91. The molecule has 0 radical (unpaired) electrons. The Bertz CT molecular complexity index is 1030. The fourth-order valence-electron chi connectivity index (χ4n) is 3.77. The van der Waals surface area contributed by atoms with Crippen LogP contribution in [0.25, 0.3) is 0 Å². The first-order valence-electron chi connectivity index (χ1n) is 11.2. The molecular formula is C25H35N3O4S. The Kier molecular flexibility index (Phi) is 9.46. The molecule has 8 heteroatoms. The molecule has 0 heterocycles. The first-order chi connectivity index (χ1) is 15.6. The third kappa shape index (κ3) is 7.60. The molecule has 2 aromatic carbocycles. The predicted molar refractivity (Wildman–Crippen MR) is 132 cm³/mol. The smallest absolute Gasteiger partial charge is 0.244 e. The Morgan fingerprint density at radius 3 is 2.12 bits per heavy atom. The Morgan fingerprint density at radius 2 is 1.61 bits per heavy atom. The molecule has 0 aromatic heterocycles. The molecule has 0 spiro atoms. The van der Waals surface area contributed by atoms with E-state index < -0.39 is 22.0 Å². The van der Waals surface area contributed by atoms with Crippen LogP contribution in [-0.4, -0.2) is 50.5 Å². The van der Waals surface area contributed by atoms with Crippen molar-refractivity contribution in [3.8, 4) is 0 Å². The molecule has 0 saturated carbocycles. The minimum Gasteiger partial charge on any atom is -0.354 e. The Morgan fingerprint density at radius 1 is 1.00 bits per heavy atom. The minimum absolute atomic E-state index is 0.210. The van der Waals surface area contributed by atoms with Gasteiger partial charge in [0.05, 0.1) is 11.9 Å². The van der Waals surface area contributed by atoms with Crippen LogP contribution in [0.5, 0.6) is 0 Å². The van der Waals surface area contributed by atoms with Gasteiger partial charge in [-0.25, -0.2) is 8.42 Å². The van der Waals surface area contributed by atoms with E-state index in [2.05, 4.69) is 5.32 Å². The molecule has 2 aromatic rings. The van der Waals surface area contributed by atoms with Gasteiger partial charge in [-0.2, -0.15) is 0 Å². The minimum atomic E-state index is -3.73. The SMILES string of the molecule is CCCNC(=O)[C@H](CC)N(Cc1ccccc1)C(=O)CN(c1cc(C)cc(C)c1)S(C)(=O)=O. The lowest BCUT2D eigenvalue weighted by molar-refractivity contribution is -0.140. The first-order valence-corrected chi connectivity index (χ1v) is 13.1. The number of nitrogens with one attached hydrogen (secondary N) is 1. The molecule has 0 aliphatic carbocycles. The predicted octanol–water partition coefficient (Wildman–Crippen LogP) is 3.40. The molecule has 1 atom stereocenters. The number of nitrogens with zero attached hydrogens (tertiary/aromatic N) is 2. The van der Waals surface area contributed by atoms with Crippen LogP contribution in [0.15, 0.2) is 48.5 Å². The van der Waals surface area contributed by atoms with Gasteiger partial charge in [-0.05, 0) is 55.5 Å². The van der Waals surface area contributed by atoms with Crippen molar-refractivity contribution in [2.24, 2.45) is 0 Å². The van der Waals surface area contributed by atoms with Crippen LogP contribution in [0.1, 0.15) is 43.4 Å². The van der Waals surface area contributed by atoms with Crippen molar-refractivity contribution in [3.63, 3.8) is 0 Å². The second-order valence-corrected chi connectivity index (χ2v) is 10.2. The number of amides is 2. The maximum atomic E-state index is 13.6. The molecular weight excluding hydrogens is 438 g/mol. The summed E-state index contributed by atoms with van der Waals surface area (Å²) in [5.74, 6) is -0.664. The van der Waals surface area contributed by atoms with Gasteiger partial charge in [-0.1, -0.05) is 50.2 Å². The molecule has 1 N–H and O–H groups in total. The lowest BCUT2D eigenvalue weighted by Crippen LogP contribution is -2.52. The van der Waals surface area contributed by atoms with E-state index in [1.165, 1.54) is 4.90 Å². The molecule has 0 unspecified atom stereocenters. The van der Waals surface area contributed by atoms with E-state index in [-0.39, 0.29) is 19.0 Å². The van der Waals surface area contributed by atoms with Crippen LogP contribution in [0, 0.1) is 13.8 Å². The second kappa shape index (κ2) is 11.8. The fourth-order valence-corrected chi connectivity index (χ4v) is 4.61. The Labute approximate surface area is 197 Å². The largest absolute Gasteiger partial charge is 0.354 e. The highest BCUT2D eigenvalue weighted by Gasteiger charge is 2.31. The summed E-state index contributed by atoms with van der Waals surface area (Å²) >= 11 is 0. The molecule has 180 valence electrons. The van der Waals surface area contributed by atoms with Crippen molar-refractivity contribution in [1.82, 2.24) is 10.2 Å². The Hall–Kier alpha value is -2.87. The summed E-state index contributed by atoms with van der Waals surface area (Å²) in [7, 11) is -3.73. The molecule has 0 fully saturated rings. The van der Waals surface area contributed by atoms with Crippen LogP contribution in [0.4, 0.5) is 5.69 Å². The summed E-state index contributed by atoms with van der Waals surface area (Å²) in [5, 5.41) is 2.87. The monoisotopic (exact) mass is 473 g/mol. The summed E-state index contributed by atoms with van der Waals surface area (Å²) in [5.41, 5.74) is 3.10. The normalized spacial score (nSPS) is 12.2. The van der Waals surface area contributed by atoms with E-state index >= 15 is 0 Å². The van der Waals surface area contributed by atoms with Crippen molar-refractivity contribution in [2.75, 3.05) is 23.7 Å². The molecule has 7 nitrogen and oxygen atoms in total. The van der Waals surface area contributed by atoms with Gasteiger partial charge in [-0.3, -0.25) is 13.9 Å². The number of sulfonamides is 1. The number of carbonyl (C=O) groups excluding carboxylic acids is 2. The number of rotatable bonds is 11. The van der Waals surface area contributed by atoms with Crippen LogP contribution in [0.2, 0.25) is 0 Å². The first kappa shape index (κ1) is 26.4.